The summed E-state index contributed by atoms with van der Waals surface area (Å²) in [4.78, 5) is 24.9. The Labute approximate surface area is 124 Å². The highest BCUT2D eigenvalue weighted by molar-refractivity contribution is 5.83. The maximum atomic E-state index is 11.9. The van der Waals surface area contributed by atoms with Crippen LogP contribution in [-0.4, -0.2) is 36.7 Å². The van der Waals surface area contributed by atoms with Crippen LogP contribution in [0.4, 0.5) is 4.79 Å². The van der Waals surface area contributed by atoms with Crippen LogP contribution in [0.2, 0.25) is 0 Å². The van der Waals surface area contributed by atoms with Gasteiger partial charge in [-0.15, -0.1) is 0 Å². The van der Waals surface area contributed by atoms with E-state index in [0.29, 0.717) is 26.1 Å². The number of hydrogen-bond donors (Lipinski definition) is 0. The Morgan fingerprint density at radius 1 is 1.24 bits per heavy atom. The predicted molar refractivity (Wildman–Crippen MR) is 77.5 cm³/mol. The Morgan fingerprint density at radius 3 is 2.71 bits per heavy atom. The molecule has 1 amide bonds. The van der Waals surface area contributed by atoms with Gasteiger partial charge in [0.05, 0.1) is 6.61 Å². The standard InChI is InChI=1S/C16H19NO4/c1-2-20-15(18)10-14-8-9-17(11-14)16(19)21-12-13-6-4-3-5-7-13/h3-7,10H,2,8-9,11-12H2,1H3/b14-10+. The highest BCUT2D eigenvalue weighted by Gasteiger charge is 2.23. The fraction of sp³-hybridized carbons (Fsp3) is 0.375. The maximum Gasteiger partial charge on any atom is 0.410 e. The lowest BCUT2D eigenvalue weighted by Gasteiger charge is -2.14. The van der Waals surface area contributed by atoms with Gasteiger partial charge in [0.25, 0.3) is 0 Å². The molecule has 0 aromatic heterocycles. The normalized spacial score (nSPS) is 16.0. The van der Waals surface area contributed by atoms with E-state index < -0.39 is 0 Å². The Balaban J connectivity index is 1.81. The van der Waals surface area contributed by atoms with Crippen molar-refractivity contribution in [2.45, 2.75) is 20.0 Å². The highest BCUT2D eigenvalue weighted by atomic mass is 16.6. The fourth-order valence-electron chi connectivity index (χ4n) is 2.12. The molecule has 0 spiro atoms. The largest absolute Gasteiger partial charge is 0.463 e. The third-order valence-electron chi connectivity index (χ3n) is 3.17. The van der Waals surface area contributed by atoms with Gasteiger partial charge in [0.1, 0.15) is 6.61 Å². The summed E-state index contributed by atoms with van der Waals surface area (Å²) in [5, 5.41) is 0. The second kappa shape index (κ2) is 7.47. The van der Waals surface area contributed by atoms with E-state index in [2.05, 4.69) is 0 Å². The van der Waals surface area contributed by atoms with E-state index in [-0.39, 0.29) is 18.7 Å². The minimum Gasteiger partial charge on any atom is -0.463 e. The summed E-state index contributed by atoms with van der Waals surface area (Å²) in [6.07, 6.45) is 1.79. The summed E-state index contributed by atoms with van der Waals surface area (Å²) >= 11 is 0. The second-order valence-electron chi connectivity index (χ2n) is 4.77. The summed E-state index contributed by atoms with van der Waals surface area (Å²) < 4.78 is 10.1. The molecule has 1 saturated heterocycles. The van der Waals surface area contributed by atoms with Crippen LogP contribution >= 0.6 is 0 Å². The van der Waals surface area contributed by atoms with E-state index in [9.17, 15) is 9.59 Å². The lowest BCUT2D eigenvalue weighted by molar-refractivity contribution is -0.137. The van der Waals surface area contributed by atoms with Crippen LogP contribution in [0.15, 0.2) is 42.0 Å². The summed E-state index contributed by atoms with van der Waals surface area (Å²) in [6, 6.07) is 9.53. The van der Waals surface area contributed by atoms with Gasteiger partial charge < -0.3 is 14.4 Å². The number of carbonyl (C=O) groups is 2. The first kappa shape index (κ1) is 15.1. The molecular weight excluding hydrogens is 270 g/mol. The van der Waals surface area contributed by atoms with Gasteiger partial charge >= 0.3 is 12.1 Å². The summed E-state index contributed by atoms with van der Waals surface area (Å²) in [6.45, 7) is 3.36. The summed E-state index contributed by atoms with van der Waals surface area (Å²) in [5.41, 5.74) is 1.84. The molecule has 1 fully saturated rings. The second-order valence-corrected chi connectivity index (χ2v) is 4.77. The average molecular weight is 289 g/mol. The van der Waals surface area contributed by atoms with E-state index in [0.717, 1.165) is 11.1 Å². The zero-order valence-electron chi connectivity index (χ0n) is 12.1. The van der Waals surface area contributed by atoms with Crippen molar-refractivity contribution in [1.82, 2.24) is 4.90 Å². The smallest absolute Gasteiger partial charge is 0.410 e. The van der Waals surface area contributed by atoms with Crippen molar-refractivity contribution >= 4 is 12.1 Å². The van der Waals surface area contributed by atoms with Crippen molar-refractivity contribution < 1.29 is 19.1 Å². The molecule has 0 radical (unpaired) electrons. The first-order chi connectivity index (χ1) is 10.2. The zero-order valence-corrected chi connectivity index (χ0v) is 12.1. The lowest BCUT2D eigenvalue weighted by Crippen LogP contribution is -2.28. The maximum absolute atomic E-state index is 11.9. The number of hydrogen-bond acceptors (Lipinski definition) is 4. The van der Waals surface area contributed by atoms with Crippen LogP contribution in [0.25, 0.3) is 0 Å². The van der Waals surface area contributed by atoms with Crippen LogP contribution < -0.4 is 0 Å². The molecule has 0 aliphatic carbocycles. The molecule has 1 aromatic carbocycles. The number of benzene rings is 1. The van der Waals surface area contributed by atoms with E-state index in [4.69, 9.17) is 9.47 Å². The summed E-state index contributed by atoms with van der Waals surface area (Å²) in [7, 11) is 0. The molecule has 1 aliphatic rings. The molecule has 21 heavy (non-hydrogen) atoms. The van der Waals surface area contributed by atoms with E-state index in [1.54, 1.807) is 11.8 Å². The van der Waals surface area contributed by atoms with Gasteiger partial charge in [-0.1, -0.05) is 30.3 Å². The Morgan fingerprint density at radius 2 is 2.00 bits per heavy atom. The van der Waals surface area contributed by atoms with Gasteiger partial charge in [-0.2, -0.15) is 0 Å². The molecule has 2 rings (SSSR count). The van der Waals surface area contributed by atoms with Gasteiger partial charge in [0, 0.05) is 19.2 Å². The van der Waals surface area contributed by atoms with Gasteiger partial charge in [0.2, 0.25) is 0 Å². The minimum atomic E-state index is -0.355. The van der Waals surface area contributed by atoms with Gasteiger partial charge in [-0.05, 0) is 24.5 Å². The molecule has 5 heteroatoms. The molecule has 1 aliphatic heterocycles. The van der Waals surface area contributed by atoms with Gasteiger partial charge in [0.15, 0.2) is 0 Å². The van der Waals surface area contributed by atoms with E-state index in [1.165, 1.54) is 6.08 Å². The molecule has 0 atom stereocenters. The SMILES string of the molecule is CCOC(=O)/C=C1\CCN(C(=O)OCc2ccccc2)C1. The van der Waals surface area contributed by atoms with Crippen molar-refractivity contribution in [3.05, 3.63) is 47.5 Å². The average Bonchev–Trinajstić information content (AvgIpc) is 2.94. The number of rotatable bonds is 4. The Hall–Kier alpha value is -2.30. The quantitative estimate of drug-likeness (QED) is 0.631. The fourth-order valence-corrected chi connectivity index (χ4v) is 2.12. The monoisotopic (exact) mass is 289 g/mol. The van der Waals surface area contributed by atoms with Crippen LogP contribution in [0.1, 0.15) is 18.9 Å². The molecule has 0 unspecified atom stereocenters. The van der Waals surface area contributed by atoms with Crippen molar-refractivity contribution in [2.75, 3.05) is 19.7 Å². The third kappa shape index (κ3) is 4.63. The molecule has 0 saturated carbocycles. The Bertz CT molecular complexity index is 524. The zero-order chi connectivity index (χ0) is 15.1. The number of nitrogens with zero attached hydrogens (tertiary/aromatic N) is 1. The van der Waals surface area contributed by atoms with Crippen molar-refractivity contribution in [3.63, 3.8) is 0 Å². The van der Waals surface area contributed by atoms with E-state index in [1.807, 2.05) is 30.3 Å². The molecule has 5 nitrogen and oxygen atoms in total. The summed E-state index contributed by atoms with van der Waals surface area (Å²) in [5.74, 6) is -0.355. The number of carbonyl (C=O) groups excluding carboxylic acids is 2. The molecule has 1 aromatic rings. The molecular formula is C16H19NO4. The highest BCUT2D eigenvalue weighted by Crippen LogP contribution is 2.16. The topological polar surface area (TPSA) is 55.8 Å². The van der Waals surface area contributed by atoms with Crippen molar-refractivity contribution in [1.29, 1.82) is 0 Å². The number of likely N-dealkylation sites (tertiary alicyclic amines) is 1. The number of ether oxygens (including phenoxy) is 2. The van der Waals surface area contributed by atoms with Gasteiger partial charge in [-0.3, -0.25) is 0 Å². The predicted octanol–water partition coefficient (Wildman–Crippen LogP) is 2.52. The number of amides is 1. The van der Waals surface area contributed by atoms with Crippen LogP contribution in [0.5, 0.6) is 0 Å². The molecule has 1 heterocycles. The van der Waals surface area contributed by atoms with Crippen LogP contribution in [0.3, 0.4) is 0 Å². The van der Waals surface area contributed by atoms with E-state index >= 15 is 0 Å². The first-order valence-electron chi connectivity index (χ1n) is 7.01. The first-order valence-corrected chi connectivity index (χ1v) is 7.01. The minimum absolute atomic E-state index is 0.257. The van der Waals surface area contributed by atoms with Crippen LogP contribution in [-0.2, 0) is 20.9 Å². The number of esters is 1. The molecule has 0 bridgehead atoms. The Kier molecular flexibility index (Phi) is 5.37. The lowest BCUT2D eigenvalue weighted by atomic mass is 10.2. The van der Waals surface area contributed by atoms with Crippen LogP contribution in [0, 0.1) is 0 Å². The molecule has 112 valence electrons. The third-order valence-corrected chi connectivity index (χ3v) is 3.17. The van der Waals surface area contributed by atoms with Gasteiger partial charge in [-0.25, -0.2) is 9.59 Å². The molecule has 0 N–H and O–H groups in total. The van der Waals surface area contributed by atoms with Crippen molar-refractivity contribution in [3.8, 4) is 0 Å². The van der Waals surface area contributed by atoms with Crippen molar-refractivity contribution in [2.24, 2.45) is 0 Å².